The third-order valence-corrected chi connectivity index (χ3v) is 9.94. The number of fused-ring (bicyclic) bond motifs is 1. The van der Waals surface area contributed by atoms with Gasteiger partial charge in [-0.25, -0.2) is 4.98 Å². The number of ether oxygens (including phenoxy) is 2. The zero-order chi connectivity index (χ0) is 33.9. The molecule has 12 heteroatoms. The molecule has 3 N–H and O–H groups in total. The summed E-state index contributed by atoms with van der Waals surface area (Å²) in [5.74, 6) is 0.947. The highest BCUT2D eigenvalue weighted by Gasteiger charge is 2.26. The predicted octanol–water partition coefficient (Wildman–Crippen LogP) is 4.80. The van der Waals surface area contributed by atoms with Crippen LogP contribution in [0.4, 0.5) is 5.69 Å². The van der Waals surface area contributed by atoms with E-state index in [-0.39, 0.29) is 17.9 Å². The van der Waals surface area contributed by atoms with E-state index in [2.05, 4.69) is 30.8 Å². The number of pyridine rings is 3. The molecule has 0 bridgehead atoms. The van der Waals surface area contributed by atoms with E-state index in [1.165, 1.54) is 11.1 Å². The normalized spacial score (nSPS) is 17.7. The highest BCUT2D eigenvalue weighted by molar-refractivity contribution is 6.35. The average molecular weight is 682 g/mol. The Balaban J connectivity index is 1.05. The first kappa shape index (κ1) is 33.1. The van der Waals surface area contributed by atoms with Crippen molar-refractivity contribution in [3.8, 4) is 28.4 Å². The van der Waals surface area contributed by atoms with E-state index < -0.39 is 0 Å². The number of aromatic nitrogens is 3. The van der Waals surface area contributed by atoms with Crippen LogP contribution in [0.25, 0.3) is 22.5 Å². The van der Waals surface area contributed by atoms with Crippen LogP contribution < -0.4 is 20.7 Å². The molecular weight excluding hydrogens is 642 g/mol. The van der Waals surface area contributed by atoms with E-state index in [9.17, 15) is 9.59 Å². The number of halogens is 1. The molecule has 11 nitrogen and oxygen atoms in total. The molecule has 0 spiro atoms. The standard InChI is InChI=1S/C37H40ClN7O4/c1-22-28(4-3-5-30(22)43-36(47)32-14-24-11-13-45(18-23-20-49-21-23)19-26(24)16-41-32)35-34(38)29(10-12-40-35)31-8-6-25(37(44-31)48-2)15-39-17-27-7-9-33(46)42-27/h3-6,8,10,12,14,16,23,27,39H,7,9,11,13,15,17-21H2,1-2H3,(H,42,46)(H,43,47)/t27-/m0/s1. The van der Waals surface area contributed by atoms with Crippen LogP contribution in [0.5, 0.6) is 5.88 Å². The van der Waals surface area contributed by atoms with Crippen LogP contribution in [-0.4, -0.2) is 77.7 Å². The van der Waals surface area contributed by atoms with Crippen molar-refractivity contribution in [3.05, 3.63) is 87.8 Å². The highest BCUT2D eigenvalue weighted by Crippen LogP contribution is 2.38. The third kappa shape index (κ3) is 7.30. The molecule has 254 valence electrons. The Hall–Kier alpha value is -4.42. The van der Waals surface area contributed by atoms with Crippen LogP contribution in [0.1, 0.15) is 45.6 Å². The Kier molecular flexibility index (Phi) is 9.86. The number of amides is 2. The van der Waals surface area contributed by atoms with Gasteiger partial charge in [0.1, 0.15) is 5.69 Å². The van der Waals surface area contributed by atoms with E-state index in [0.717, 1.165) is 62.4 Å². The number of methoxy groups -OCH3 is 1. The Morgan fingerprint density at radius 2 is 2.00 bits per heavy atom. The minimum atomic E-state index is -0.260. The first-order valence-electron chi connectivity index (χ1n) is 16.7. The number of anilines is 1. The molecule has 3 aliphatic rings. The van der Waals surface area contributed by atoms with Gasteiger partial charge >= 0.3 is 0 Å². The fourth-order valence-corrected chi connectivity index (χ4v) is 7.03. The van der Waals surface area contributed by atoms with Crippen molar-refractivity contribution in [2.45, 2.75) is 45.3 Å². The first-order chi connectivity index (χ1) is 23.9. The van der Waals surface area contributed by atoms with Gasteiger partial charge in [-0.1, -0.05) is 29.8 Å². The van der Waals surface area contributed by atoms with Crippen LogP contribution in [0.3, 0.4) is 0 Å². The monoisotopic (exact) mass is 681 g/mol. The van der Waals surface area contributed by atoms with Crippen LogP contribution in [0.2, 0.25) is 5.02 Å². The molecule has 0 radical (unpaired) electrons. The first-order valence-corrected chi connectivity index (χ1v) is 17.1. The van der Waals surface area contributed by atoms with E-state index in [1.54, 1.807) is 13.3 Å². The van der Waals surface area contributed by atoms with Crippen molar-refractivity contribution in [3.63, 3.8) is 0 Å². The summed E-state index contributed by atoms with van der Waals surface area (Å²) in [5.41, 5.74) is 7.89. The molecule has 0 unspecified atom stereocenters. The van der Waals surface area contributed by atoms with Crippen molar-refractivity contribution in [1.82, 2.24) is 30.5 Å². The largest absolute Gasteiger partial charge is 0.481 e. The van der Waals surface area contributed by atoms with Gasteiger partial charge in [0.05, 0.1) is 36.7 Å². The van der Waals surface area contributed by atoms with E-state index >= 15 is 0 Å². The maximum absolute atomic E-state index is 13.4. The summed E-state index contributed by atoms with van der Waals surface area (Å²) in [6.45, 7) is 7.71. The fraction of sp³-hybridized carbons (Fsp3) is 0.378. The van der Waals surface area contributed by atoms with E-state index in [4.69, 9.17) is 26.1 Å². The molecule has 3 aliphatic heterocycles. The smallest absolute Gasteiger partial charge is 0.274 e. The minimum Gasteiger partial charge on any atom is -0.481 e. The minimum absolute atomic E-state index is 0.0981. The molecular formula is C37H40ClN7O4. The van der Waals surface area contributed by atoms with Gasteiger partial charge in [-0.2, -0.15) is 0 Å². The van der Waals surface area contributed by atoms with Gasteiger partial charge in [0.15, 0.2) is 0 Å². The second kappa shape index (κ2) is 14.6. The molecule has 7 rings (SSSR count). The molecule has 2 saturated heterocycles. The van der Waals surface area contributed by atoms with Gasteiger partial charge in [0.2, 0.25) is 11.8 Å². The van der Waals surface area contributed by atoms with Crippen LogP contribution in [0.15, 0.2) is 54.9 Å². The Morgan fingerprint density at radius 1 is 1.12 bits per heavy atom. The van der Waals surface area contributed by atoms with Crippen molar-refractivity contribution in [2.75, 3.05) is 45.3 Å². The van der Waals surface area contributed by atoms with E-state index in [1.807, 2.05) is 55.6 Å². The molecule has 2 fully saturated rings. The lowest BCUT2D eigenvalue weighted by atomic mass is 9.98. The summed E-state index contributed by atoms with van der Waals surface area (Å²) in [4.78, 5) is 41.3. The Labute approximate surface area is 290 Å². The summed E-state index contributed by atoms with van der Waals surface area (Å²) < 4.78 is 11.0. The molecule has 0 aliphatic carbocycles. The zero-order valence-corrected chi connectivity index (χ0v) is 28.5. The average Bonchev–Trinajstić information content (AvgIpc) is 3.52. The molecule has 4 aromatic rings. The van der Waals surface area contributed by atoms with Crippen molar-refractivity contribution < 1.29 is 19.1 Å². The molecule has 6 heterocycles. The van der Waals surface area contributed by atoms with Crippen molar-refractivity contribution >= 4 is 29.1 Å². The number of nitrogens with zero attached hydrogens (tertiary/aromatic N) is 4. The topological polar surface area (TPSA) is 131 Å². The van der Waals surface area contributed by atoms with Gasteiger partial charge in [-0.15, -0.1) is 0 Å². The molecule has 49 heavy (non-hydrogen) atoms. The zero-order valence-electron chi connectivity index (χ0n) is 27.7. The molecule has 3 aromatic heterocycles. The SMILES string of the molecule is COc1nc(-c2ccnc(-c3cccc(NC(=O)c4cc5c(cn4)CN(CC4COC4)CC5)c3C)c2Cl)ccc1CNC[C@@H]1CCC(=O)N1. The van der Waals surface area contributed by atoms with Gasteiger partial charge in [-0.05, 0) is 60.7 Å². The lowest BCUT2D eigenvalue weighted by molar-refractivity contribution is -0.119. The number of carbonyl (C=O) groups is 2. The number of carbonyl (C=O) groups excluding carboxylic acids is 2. The highest BCUT2D eigenvalue weighted by atomic mass is 35.5. The van der Waals surface area contributed by atoms with Crippen LogP contribution >= 0.6 is 11.6 Å². The molecule has 2 amide bonds. The Morgan fingerprint density at radius 3 is 2.78 bits per heavy atom. The van der Waals surface area contributed by atoms with Crippen LogP contribution in [0, 0.1) is 12.8 Å². The van der Waals surface area contributed by atoms with Gasteiger partial charge in [-0.3, -0.25) is 24.5 Å². The summed E-state index contributed by atoms with van der Waals surface area (Å²) in [6, 6.07) is 13.5. The van der Waals surface area contributed by atoms with E-state index in [0.29, 0.717) is 64.7 Å². The summed E-state index contributed by atoms with van der Waals surface area (Å²) in [7, 11) is 1.59. The summed E-state index contributed by atoms with van der Waals surface area (Å²) in [5, 5.41) is 9.87. The van der Waals surface area contributed by atoms with Gasteiger partial charge in [0.25, 0.3) is 5.91 Å². The second-order valence-electron chi connectivity index (χ2n) is 13.0. The number of nitrogens with one attached hydrogen (secondary N) is 3. The Bertz CT molecular complexity index is 1880. The summed E-state index contributed by atoms with van der Waals surface area (Å²) >= 11 is 7.03. The maximum atomic E-state index is 13.4. The molecule has 0 saturated carbocycles. The predicted molar refractivity (Wildman–Crippen MR) is 188 cm³/mol. The number of rotatable bonds is 11. The van der Waals surface area contributed by atoms with Gasteiger partial charge < -0.3 is 25.4 Å². The molecule has 1 aromatic carbocycles. The van der Waals surface area contributed by atoms with Crippen molar-refractivity contribution in [1.29, 1.82) is 0 Å². The lowest BCUT2D eigenvalue weighted by Crippen LogP contribution is -2.41. The second-order valence-corrected chi connectivity index (χ2v) is 13.4. The van der Waals surface area contributed by atoms with Crippen molar-refractivity contribution in [2.24, 2.45) is 5.92 Å². The lowest BCUT2D eigenvalue weighted by Gasteiger charge is -2.35. The van der Waals surface area contributed by atoms with Crippen LogP contribution in [-0.2, 0) is 29.0 Å². The molecule has 1 atom stereocenters. The maximum Gasteiger partial charge on any atom is 0.274 e. The fourth-order valence-electron chi connectivity index (χ4n) is 6.72. The number of benzene rings is 1. The van der Waals surface area contributed by atoms with Gasteiger partial charge in [0, 0.05) is 85.9 Å². The quantitative estimate of drug-likeness (QED) is 0.204. The summed E-state index contributed by atoms with van der Waals surface area (Å²) in [6.07, 6.45) is 5.85. The number of hydrogen-bond acceptors (Lipinski definition) is 9. The third-order valence-electron chi connectivity index (χ3n) is 9.56. The number of hydrogen-bond donors (Lipinski definition) is 3.